The van der Waals surface area contributed by atoms with Gasteiger partial charge in [-0.1, -0.05) is 49.6 Å². The van der Waals surface area contributed by atoms with E-state index < -0.39 is 0 Å². The van der Waals surface area contributed by atoms with Crippen LogP contribution in [0.2, 0.25) is 0 Å². The van der Waals surface area contributed by atoms with Crippen LogP contribution in [0.3, 0.4) is 0 Å². The van der Waals surface area contributed by atoms with Crippen LogP contribution in [0.15, 0.2) is 45.3 Å². The monoisotopic (exact) mass is 385 g/mol. The van der Waals surface area contributed by atoms with Gasteiger partial charge in [0.1, 0.15) is 5.82 Å². The summed E-state index contributed by atoms with van der Waals surface area (Å²) in [6.45, 7) is 1.96. The molecular formula is C15H14Br2FN. The van der Waals surface area contributed by atoms with Gasteiger partial charge in [0.2, 0.25) is 0 Å². The fourth-order valence-corrected chi connectivity index (χ4v) is 3.46. The van der Waals surface area contributed by atoms with Gasteiger partial charge in [0.15, 0.2) is 0 Å². The molecule has 0 spiro atoms. The molecule has 1 unspecified atom stereocenters. The Kier molecular flexibility index (Phi) is 4.76. The summed E-state index contributed by atoms with van der Waals surface area (Å²) in [4.78, 5) is 0. The number of hydrogen-bond donors (Lipinski definition) is 1. The molecule has 19 heavy (non-hydrogen) atoms. The van der Waals surface area contributed by atoms with E-state index in [4.69, 9.17) is 0 Å². The molecule has 0 saturated heterocycles. The van der Waals surface area contributed by atoms with Gasteiger partial charge < -0.3 is 5.32 Å². The van der Waals surface area contributed by atoms with Crippen LogP contribution in [0.5, 0.6) is 0 Å². The Morgan fingerprint density at radius 2 is 1.68 bits per heavy atom. The summed E-state index contributed by atoms with van der Waals surface area (Å²) >= 11 is 6.93. The fraction of sp³-hybridized carbons (Fsp3) is 0.200. The smallest absolute Gasteiger partial charge is 0.128 e. The molecule has 0 bridgehead atoms. The van der Waals surface area contributed by atoms with Gasteiger partial charge in [0, 0.05) is 14.5 Å². The average molecular weight is 387 g/mol. The minimum atomic E-state index is -0.193. The molecule has 0 heterocycles. The van der Waals surface area contributed by atoms with E-state index in [1.165, 1.54) is 6.07 Å². The molecule has 4 heteroatoms. The van der Waals surface area contributed by atoms with Gasteiger partial charge in [-0.3, -0.25) is 0 Å². The van der Waals surface area contributed by atoms with Gasteiger partial charge in [0.25, 0.3) is 0 Å². The van der Waals surface area contributed by atoms with E-state index in [-0.39, 0.29) is 11.9 Å². The maximum atomic E-state index is 14.0. The summed E-state index contributed by atoms with van der Waals surface area (Å²) in [5.41, 5.74) is 2.71. The maximum absolute atomic E-state index is 14.0. The highest BCUT2D eigenvalue weighted by atomic mass is 79.9. The molecule has 0 aliphatic rings. The Balaban J connectivity index is 2.52. The zero-order valence-corrected chi connectivity index (χ0v) is 13.8. The van der Waals surface area contributed by atoms with E-state index in [0.717, 1.165) is 20.1 Å². The van der Waals surface area contributed by atoms with Crippen molar-refractivity contribution in [3.8, 4) is 0 Å². The molecule has 1 nitrogen and oxygen atoms in total. The molecular weight excluding hydrogens is 373 g/mol. The lowest BCUT2D eigenvalue weighted by Gasteiger charge is -2.19. The van der Waals surface area contributed by atoms with Crippen molar-refractivity contribution in [1.29, 1.82) is 0 Å². The van der Waals surface area contributed by atoms with Crippen molar-refractivity contribution in [3.05, 3.63) is 67.9 Å². The zero-order valence-electron chi connectivity index (χ0n) is 10.7. The van der Waals surface area contributed by atoms with Crippen LogP contribution >= 0.6 is 31.9 Å². The number of hydrogen-bond acceptors (Lipinski definition) is 1. The lowest BCUT2D eigenvalue weighted by molar-refractivity contribution is 0.575. The van der Waals surface area contributed by atoms with Crippen LogP contribution in [0.25, 0.3) is 0 Å². The van der Waals surface area contributed by atoms with Gasteiger partial charge in [-0.25, -0.2) is 4.39 Å². The number of benzene rings is 2. The molecule has 0 radical (unpaired) electrons. The molecule has 100 valence electrons. The Morgan fingerprint density at radius 1 is 1.05 bits per heavy atom. The van der Waals surface area contributed by atoms with Crippen molar-refractivity contribution in [1.82, 2.24) is 5.32 Å². The highest BCUT2D eigenvalue weighted by molar-refractivity contribution is 9.11. The highest BCUT2D eigenvalue weighted by Gasteiger charge is 2.17. The maximum Gasteiger partial charge on any atom is 0.128 e. The Morgan fingerprint density at radius 3 is 2.26 bits per heavy atom. The minimum absolute atomic E-state index is 0.173. The molecule has 0 fully saturated rings. The molecule has 0 amide bonds. The summed E-state index contributed by atoms with van der Waals surface area (Å²) < 4.78 is 16.0. The first-order valence-corrected chi connectivity index (χ1v) is 7.49. The van der Waals surface area contributed by atoms with Crippen LogP contribution in [-0.4, -0.2) is 7.05 Å². The van der Waals surface area contributed by atoms with E-state index in [1.807, 2.05) is 38.2 Å². The lowest BCUT2D eigenvalue weighted by Crippen LogP contribution is -2.19. The molecule has 0 aliphatic carbocycles. The summed E-state index contributed by atoms with van der Waals surface area (Å²) in [5.74, 6) is -0.193. The van der Waals surface area contributed by atoms with Gasteiger partial charge in [-0.2, -0.15) is 0 Å². The van der Waals surface area contributed by atoms with Crippen molar-refractivity contribution < 1.29 is 4.39 Å². The lowest BCUT2D eigenvalue weighted by atomic mass is 9.97. The molecule has 0 aromatic heterocycles. The van der Waals surface area contributed by atoms with Gasteiger partial charge in [0.05, 0.1) is 6.04 Å². The Labute approximate surface area is 129 Å². The molecule has 1 atom stereocenters. The second-order valence-corrected chi connectivity index (χ2v) is 6.28. The minimum Gasteiger partial charge on any atom is -0.309 e. The molecule has 2 aromatic rings. The standard InChI is InChI=1S/C15H14Br2FN/c1-9-3-4-14(18)13(5-9)15(19-2)10-6-11(16)8-12(17)7-10/h3-8,15,19H,1-2H3. The third-order valence-corrected chi connectivity index (χ3v) is 3.89. The first-order chi connectivity index (χ1) is 9.01. The number of rotatable bonds is 3. The predicted molar refractivity (Wildman–Crippen MR) is 83.9 cm³/mol. The van der Waals surface area contributed by atoms with E-state index in [1.54, 1.807) is 6.07 Å². The van der Waals surface area contributed by atoms with Crippen LogP contribution in [0.1, 0.15) is 22.7 Å². The van der Waals surface area contributed by atoms with Crippen molar-refractivity contribution >= 4 is 31.9 Å². The molecule has 2 rings (SSSR count). The number of aryl methyl sites for hydroxylation is 1. The van der Waals surface area contributed by atoms with Gasteiger partial charge >= 0.3 is 0 Å². The summed E-state index contributed by atoms with van der Waals surface area (Å²) in [6, 6.07) is 11.0. The summed E-state index contributed by atoms with van der Waals surface area (Å²) in [6.07, 6.45) is 0. The zero-order chi connectivity index (χ0) is 14.0. The van der Waals surface area contributed by atoms with Crippen molar-refractivity contribution in [3.63, 3.8) is 0 Å². The summed E-state index contributed by atoms with van der Waals surface area (Å²) in [5, 5.41) is 3.18. The van der Waals surface area contributed by atoms with Crippen LogP contribution in [0, 0.1) is 12.7 Å². The second kappa shape index (κ2) is 6.16. The topological polar surface area (TPSA) is 12.0 Å². The predicted octanol–water partition coefficient (Wildman–Crippen LogP) is 4.97. The molecule has 0 aliphatic heterocycles. The van der Waals surface area contributed by atoms with Crippen LogP contribution in [0.4, 0.5) is 4.39 Å². The van der Waals surface area contributed by atoms with Crippen LogP contribution in [-0.2, 0) is 0 Å². The van der Waals surface area contributed by atoms with Crippen molar-refractivity contribution in [2.75, 3.05) is 7.05 Å². The molecule has 0 saturated carbocycles. The third kappa shape index (κ3) is 3.44. The third-order valence-electron chi connectivity index (χ3n) is 2.97. The van der Waals surface area contributed by atoms with Crippen molar-refractivity contribution in [2.45, 2.75) is 13.0 Å². The number of nitrogens with one attached hydrogen (secondary N) is 1. The first-order valence-electron chi connectivity index (χ1n) is 5.90. The van der Waals surface area contributed by atoms with E-state index in [9.17, 15) is 4.39 Å². The van der Waals surface area contributed by atoms with Crippen LogP contribution < -0.4 is 5.32 Å². The van der Waals surface area contributed by atoms with E-state index >= 15 is 0 Å². The highest BCUT2D eigenvalue weighted by Crippen LogP contribution is 2.29. The van der Waals surface area contributed by atoms with Gasteiger partial charge in [-0.05, 0) is 43.8 Å². The van der Waals surface area contributed by atoms with Crippen molar-refractivity contribution in [2.24, 2.45) is 0 Å². The van der Waals surface area contributed by atoms with E-state index in [2.05, 4.69) is 37.2 Å². The second-order valence-electron chi connectivity index (χ2n) is 4.45. The SMILES string of the molecule is CNC(c1cc(Br)cc(Br)c1)c1cc(C)ccc1F. The quantitative estimate of drug-likeness (QED) is 0.785. The summed E-state index contributed by atoms with van der Waals surface area (Å²) in [7, 11) is 1.83. The van der Waals surface area contributed by atoms with Gasteiger partial charge in [-0.15, -0.1) is 0 Å². The first kappa shape index (κ1) is 14.7. The number of halogens is 3. The molecule has 2 aromatic carbocycles. The Bertz CT molecular complexity index is 578. The average Bonchev–Trinajstić information content (AvgIpc) is 2.33. The molecule has 1 N–H and O–H groups in total. The largest absolute Gasteiger partial charge is 0.309 e. The van der Waals surface area contributed by atoms with E-state index in [0.29, 0.717) is 5.56 Å². The fourth-order valence-electron chi connectivity index (χ4n) is 2.13. The Hall–Kier alpha value is -0.710. The normalized spacial score (nSPS) is 12.5.